The highest BCUT2D eigenvalue weighted by atomic mass is 35.5. The molecule has 2 unspecified atom stereocenters. The summed E-state index contributed by atoms with van der Waals surface area (Å²) in [6.45, 7) is 3.98. The molecule has 3 nitrogen and oxygen atoms in total. The van der Waals surface area contributed by atoms with E-state index in [1.807, 2.05) is 13.8 Å². The molecule has 0 aliphatic carbocycles. The highest BCUT2D eigenvalue weighted by molar-refractivity contribution is 6.34. The SMILES string of the molecule is CCC(C)C(O)CNC(=O)c1cccc(F)c1Cl. The Morgan fingerprint density at radius 1 is 1.56 bits per heavy atom. The minimum atomic E-state index is -0.633. The zero-order valence-electron chi connectivity index (χ0n) is 10.4. The van der Waals surface area contributed by atoms with E-state index in [0.717, 1.165) is 6.42 Å². The largest absolute Gasteiger partial charge is 0.391 e. The van der Waals surface area contributed by atoms with Gasteiger partial charge in [-0.25, -0.2) is 4.39 Å². The summed E-state index contributed by atoms with van der Waals surface area (Å²) >= 11 is 5.69. The molecule has 0 fully saturated rings. The lowest BCUT2D eigenvalue weighted by atomic mass is 10.0. The molecule has 0 radical (unpaired) electrons. The molecule has 1 aromatic carbocycles. The van der Waals surface area contributed by atoms with Crippen molar-refractivity contribution in [1.29, 1.82) is 0 Å². The van der Waals surface area contributed by atoms with E-state index < -0.39 is 17.8 Å². The summed E-state index contributed by atoms with van der Waals surface area (Å²) < 4.78 is 13.2. The van der Waals surface area contributed by atoms with Gasteiger partial charge in [0.15, 0.2) is 0 Å². The van der Waals surface area contributed by atoms with Gasteiger partial charge in [0, 0.05) is 6.54 Å². The van der Waals surface area contributed by atoms with Crippen molar-refractivity contribution in [3.8, 4) is 0 Å². The monoisotopic (exact) mass is 273 g/mol. The molecule has 0 aliphatic rings. The number of aliphatic hydroxyl groups is 1. The first-order valence-electron chi connectivity index (χ1n) is 5.87. The maximum absolute atomic E-state index is 13.2. The maximum atomic E-state index is 13.2. The molecule has 0 heterocycles. The molecule has 18 heavy (non-hydrogen) atoms. The number of nitrogens with one attached hydrogen (secondary N) is 1. The summed E-state index contributed by atoms with van der Waals surface area (Å²) in [6.07, 6.45) is 0.198. The van der Waals surface area contributed by atoms with Crippen LogP contribution in [0.2, 0.25) is 5.02 Å². The minimum Gasteiger partial charge on any atom is -0.391 e. The van der Waals surface area contributed by atoms with Crippen LogP contribution in [-0.2, 0) is 0 Å². The molecule has 0 aromatic heterocycles. The Morgan fingerprint density at radius 2 is 2.22 bits per heavy atom. The first-order chi connectivity index (χ1) is 8.47. The third kappa shape index (κ3) is 3.68. The number of aliphatic hydroxyl groups excluding tert-OH is 1. The van der Waals surface area contributed by atoms with E-state index in [0.29, 0.717) is 0 Å². The van der Waals surface area contributed by atoms with Gasteiger partial charge >= 0.3 is 0 Å². The van der Waals surface area contributed by atoms with E-state index in [-0.39, 0.29) is 23.0 Å². The van der Waals surface area contributed by atoms with Crippen LogP contribution in [0, 0.1) is 11.7 Å². The lowest BCUT2D eigenvalue weighted by Crippen LogP contribution is -2.35. The zero-order valence-corrected chi connectivity index (χ0v) is 11.2. The molecule has 2 atom stereocenters. The number of carbonyl (C=O) groups excluding carboxylic acids is 1. The van der Waals surface area contributed by atoms with E-state index in [4.69, 9.17) is 11.6 Å². The third-order valence-electron chi connectivity index (χ3n) is 2.97. The van der Waals surface area contributed by atoms with Crippen LogP contribution in [0.5, 0.6) is 0 Å². The summed E-state index contributed by atoms with van der Waals surface area (Å²) in [4.78, 5) is 11.8. The third-order valence-corrected chi connectivity index (χ3v) is 3.35. The molecule has 0 aliphatic heterocycles. The second-order valence-corrected chi connectivity index (χ2v) is 4.64. The van der Waals surface area contributed by atoms with Gasteiger partial charge in [0.2, 0.25) is 0 Å². The first kappa shape index (κ1) is 14.9. The highest BCUT2D eigenvalue weighted by Crippen LogP contribution is 2.19. The van der Waals surface area contributed by atoms with Gasteiger partial charge in [0.05, 0.1) is 16.7 Å². The first-order valence-corrected chi connectivity index (χ1v) is 6.25. The van der Waals surface area contributed by atoms with E-state index in [1.54, 1.807) is 0 Å². The van der Waals surface area contributed by atoms with Crippen LogP contribution in [0.1, 0.15) is 30.6 Å². The Balaban J connectivity index is 2.64. The van der Waals surface area contributed by atoms with Crippen molar-refractivity contribution in [2.45, 2.75) is 26.4 Å². The Hall–Kier alpha value is -1.13. The predicted octanol–water partition coefficient (Wildman–Crippen LogP) is 2.62. The molecule has 1 aromatic rings. The van der Waals surface area contributed by atoms with E-state index >= 15 is 0 Å². The van der Waals surface area contributed by atoms with Crippen LogP contribution < -0.4 is 5.32 Å². The lowest BCUT2D eigenvalue weighted by molar-refractivity contribution is 0.0850. The number of benzene rings is 1. The van der Waals surface area contributed by atoms with Crippen molar-refractivity contribution in [2.75, 3.05) is 6.54 Å². The number of hydrogen-bond donors (Lipinski definition) is 2. The lowest BCUT2D eigenvalue weighted by Gasteiger charge is -2.17. The van der Waals surface area contributed by atoms with Crippen LogP contribution >= 0.6 is 11.6 Å². The van der Waals surface area contributed by atoms with Crippen molar-refractivity contribution in [3.05, 3.63) is 34.6 Å². The van der Waals surface area contributed by atoms with Crippen molar-refractivity contribution in [2.24, 2.45) is 5.92 Å². The fourth-order valence-electron chi connectivity index (χ4n) is 1.44. The molecule has 1 amide bonds. The Kier molecular flexibility index (Phi) is 5.56. The van der Waals surface area contributed by atoms with E-state index in [9.17, 15) is 14.3 Å². The summed E-state index contributed by atoms with van der Waals surface area (Å²) in [7, 11) is 0. The normalized spacial score (nSPS) is 14.1. The molecular formula is C13H17ClFNO2. The second-order valence-electron chi connectivity index (χ2n) is 4.26. The Labute approximate surface area is 111 Å². The fraction of sp³-hybridized carbons (Fsp3) is 0.462. The summed E-state index contributed by atoms with van der Waals surface area (Å²) in [5, 5.41) is 12.1. The Morgan fingerprint density at radius 3 is 2.83 bits per heavy atom. The number of rotatable bonds is 5. The van der Waals surface area contributed by atoms with Crippen LogP contribution in [0.3, 0.4) is 0 Å². The summed E-state index contributed by atoms with van der Waals surface area (Å²) in [6, 6.07) is 4.05. The number of amides is 1. The summed E-state index contributed by atoms with van der Waals surface area (Å²) in [5.74, 6) is -1.03. The summed E-state index contributed by atoms with van der Waals surface area (Å²) in [5.41, 5.74) is 0.0769. The molecule has 2 N–H and O–H groups in total. The van der Waals surface area contributed by atoms with Crippen molar-refractivity contribution >= 4 is 17.5 Å². The standard InChI is InChI=1S/C13H17ClFNO2/c1-3-8(2)11(17)7-16-13(18)9-5-4-6-10(15)12(9)14/h4-6,8,11,17H,3,7H2,1-2H3,(H,16,18). The molecular weight excluding hydrogens is 257 g/mol. The van der Waals surface area contributed by atoms with Gasteiger partial charge in [-0.3, -0.25) is 4.79 Å². The smallest absolute Gasteiger partial charge is 0.252 e. The van der Waals surface area contributed by atoms with E-state index in [2.05, 4.69) is 5.32 Å². The van der Waals surface area contributed by atoms with Gasteiger partial charge in [0.1, 0.15) is 5.82 Å². The zero-order chi connectivity index (χ0) is 13.7. The molecule has 0 spiro atoms. The second kappa shape index (κ2) is 6.71. The maximum Gasteiger partial charge on any atom is 0.252 e. The topological polar surface area (TPSA) is 49.3 Å². The number of halogens is 2. The molecule has 0 saturated carbocycles. The molecule has 1 rings (SSSR count). The highest BCUT2D eigenvalue weighted by Gasteiger charge is 2.16. The van der Waals surface area contributed by atoms with Crippen molar-refractivity contribution in [3.63, 3.8) is 0 Å². The van der Waals surface area contributed by atoms with Gasteiger partial charge < -0.3 is 10.4 Å². The van der Waals surface area contributed by atoms with Crippen LogP contribution in [0.15, 0.2) is 18.2 Å². The minimum absolute atomic E-state index is 0.0769. The van der Waals surface area contributed by atoms with Crippen LogP contribution in [0.4, 0.5) is 4.39 Å². The van der Waals surface area contributed by atoms with Crippen LogP contribution in [0.25, 0.3) is 0 Å². The molecule has 100 valence electrons. The predicted molar refractivity (Wildman–Crippen MR) is 69.2 cm³/mol. The van der Waals surface area contributed by atoms with Gasteiger partial charge in [-0.1, -0.05) is 37.9 Å². The van der Waals surface area contributed by atoms with Crippen molar-refractivity contribution in [1.82, 2.24) is 5.32 Å². The van der Waals surface area contributed by atoms with Gasteiger partial charge in [-0.15, -0.1) is 0 Å². The Bertz CT molecular complexity index is 425. The number of carbonyl (C=O) groups is 1. The van der Waals surface area contributed by atoms with Gasteiger partial charge in [-0.05, 0) is 18.1 Å². The molecule has 0 bridgehead atoms. The van der Waals surface area contributed by atoms with Crippen LogP contribution in [-0.4, -0.2) is 23.7 Å². The average molecular weight is 274 g/mol. The quantitative estimate of drug-likeness (QED) is 0.866. The fourth-order valence-corrected chi connectivity index (χ4v) is 1.66. The molecule has 0 saturated heterocycles. The molecule has 5 heteroatoms. The van der Waals surface area contributed by atoms with Crippen molar-refractivity contribution < 1.29 is 14.3 Å². The average Bonchev–Trinajstić information content (AvgIpc) is 2.37. The van der Waals surface area contributed by atoms with E-state index in [1.165, 1.54) is 18.2 Å². The number of hydrogen-bond acceptors (Lipinski definition) is 2. The van der Waals surface area contributed by atoms with Gasteiger partial charge in [-0.2, -0.15) is 0 Å². The van der Waals surface area contributed by atoms with Gasteiger partial charge in [0.25, 0.3) is 5.91 Å².